The number of nitrogens with one attached hydrogen (secondary N) is 1. The molecule has 3 aromatic rings. The Labute approximate surface area is 214 Å². The molecule has 0 radical (unpaired) electrons. The zero-order valence-electron chi connectivity index (χ0n) is 19.2. The van der Waals surface area contributed by atoms with E-state index in [1.54, 1.807) is 6.07 Å². The summed E-state index contributed by atoms with van der Waals surface area (Å²) in [4.78, 5) is 39.2. The first-order valence-corrected chi connectivity index (χ1v) is 11.8. The van der Waals surface area contributed by atoms with Gasteiger partial charge in [0, 0.05) is 23.4 Å². The highest BCUT2D eigenvalue weighted by Gasteiger charge is 2.41. The van der Waals surface area contributed by atoms with E-state index in [1.807, 2.05) is 0 Å². The number of hydrogen-bond donors (Lipinski definition) is 2. The lowest BCUT2D eigenvalue weighted by molar-refractivity contribution is -0.134. The Bertz CT molecular complexity index is 1440. The van der Waals surface area contributed by atoms with E-state index in [2.05, 4.69) is 20.8 Å². The summed E-state index contributed by atoms with van der Waals surface area (Å²) in [7, 11) is 0. The van der Waals surface area contributed by atoms with Crippen LogP contribution >= 0.6 is 11.6 Å². The van der Waals surface area contributed by atoms with Gasteiger partial charge in [-0.3, -0.25) is 14.4 Å². The third-order valence-corrected chi connectivity index (χ3v) is 6.89. The fraction of sp³-hybridized carbons (Fsp3) is 0.250. The van der Waals surface area contributed by atoms with Gasteiger partial charge in [-0.05, 0) is 72.0 Å². The number of anilines is 1. The molecule has 2 aromatic carbocycles. The lowest BCUT2D eigenvalue weighted by Crippen LogP contribution is -2.45. The quantitative estimate of drug-likeness (QED) is 0.523. The lowest BCUT2D eigenvalue weighted by atomic mass is 9.96. The molecule has 2 atom stereocenters. The molecule has 5 rings (SSSR count). The Morgan fingerprint density at radius 3 is 2.65 bits per heavy atom. The molecule has 3 heterocycles. The van der Waals surface area contributed by atoms with E-state index in [1.165, 1.54) is 40.2 Å². The summed E-state index contributed by atoms with van der Waals surface area (Å²) >= 11 is 6.06. The maximum atomic E-state index is 15.2. The van der Waals surface area contributed by atoms with Gasteiger partial charge in [-0.25, -0.2) is 8.78 Å². The molecule has 37 heavy (non-hydrogen) atoms. The van der Waals surface area contributed by atoms with Crippen molar-refractivity contribution < 1.29 is 23.2 Å². The molecule has 13 heteroatoms. The van der Waals surface area contributed by atoms with E-state index >= 15 is 4.39 Å². The standard InChI is InChI=1S/C24H20ClF2N7O3/c25-16-6-8-18(33-11-29-31-32-33)21(22(16)27)12-1-3-14-4-7-19(34(14)20(35)9-12)24(37)30-13-2-5-15(23(28)36)17(26)10-13/h2,5-6,8-11,14,19H,1,3-4,7H2,(H2,28,36)(H,30,37)/t14-,19?/m1/s1. The second kappa shape index (κ2) is 9.69. The van der Waals surface area contributed by atoms with Crippen molar-refractivity contribution in [3.05, 3.63) is 70.5 Å². The first kappa shape index (κ1) is 24.5. The minimum Gasteiger partial charge on any atom is -0.366 e. The number of primary amides is 1. The Morgan fingerprint density at radius 2 is 1.95 bits per heavy atom. The molecule has 1 fully saturated rings. The van der Waals surface area contributed by atoms with Gasteiger partial charge in [-0.15, -0.1) is 5.10 Å². The van der Waals surface area contributed by atoms with Gasteiger partial charge in [0.15, 0.2) is 5.82 Å². The molecule has 1 unspecified atom stereocenters. The average molecular weight is 528 g/mol. The predicted molar refractivity (Wildman–Crippen MR) is 129 cm³/mol. The van der Waals surface area contributed by atoms with Crippen molar-refractivity contribution in [2.24, 2.45) is 5.73 Å². The number of aromatic nitrogens is 4. The molecule has 0 bridgehead atoms. The summed E-state index contributed by atoms with van der Waals surface area (Å²) in [6, 6.07) is 5.42. The van der Waals surface area contributed by atoms with E-state index < -0.39 is 35.4 Å². The highest BCUT2D eigenvalue weighted by atomic mass is 35.5. The summed E-state index contributed by atoms with van der Waals surface area (Å²) in [6.07, 6.45) is 4.45. The number of benzene rings is 2. The van der Waals surface area contributed by atoms with Crippen LogP contribution in [-0.2, 0) is 9.59 Å². The predicted octanol–water partition coefficient (Wildman–Crippen LogP) is 2.87. The van der Waals surface area contributed by atoms with Crippen LogP contribution in [0, 0.1) is 11.6 Å². The van der Waals surface area contributed by atoms with Crippen LogP contribution < -0.4 is 11.1 Å². The maximum Gasteiger partial charge on any atom is 0.251 e. The number of fused-ring (bicyclic) bond motifs is 1. The number of hydrogen-bond acceptors (Lipinski definition) is 6. The molecule has 3 N–H and O–H groups in total. The number of halogens is 3. The molecule has 0 spiro atoms. The average Bonchev–Trinajstić information content (AvgIpc) is 3.51. The smallest absolute Gasteiger partial charge is 0.251 e. The number of nitrogens with two attached hydrogens (primary N) is 1. The Morgan fingerprint density at radius 1 is 1.14 bits per heavy atom. The van der Waals surface area contributed by atoms with Gasteiger partial charge in [-0.2, -0.15) is 4.68 Å². The monoisotopic (exact) mass is 527 g/mol. The van der Waals surface area contributed by atoms with Crippen molar-refractivity contribution >= 4 is 40.6 Å². The zero-order chi connectivity index (χ0) is 26.3. The van der Waals surface area contributed by atoms with Crippen molar-refractivity contribution in [2.75, 3.05) is 5.32 Å². The van der Waals surface area contributed by atoms with E-state index in [-0.39, 0.29) is 27.9 Å². The van der Waals surface area contributed by atoms with E-state index in [9.17, 15) is 18.8 Å². The number of allylic oxidation sites excluding steroid dienone is 1. The molecule has 190 valence electrons. The van der Waals surface area contributed by atoms with Crippen LogP contribution in [0.25, 0.3) is 11.3 Å². The molecule has 2 aliphatic heterocycles. The Kier molecular flexibility index (Phi) is 6.42. The van der Waals surface area contributed by atoms with E-state index in [0.717, 1.165) is 6.07 Å². The van der Waals surface area contributed by atoms with Crippen molar-refractivity contribution in [3.63, 3.8) is 0 Å². The molecule has 10 nitrogen and oxygen atoms in total. The number of rotatable bonds is 5. The van der Waals surface area contributed by atoms with Crippen molar-refractivity contribution in [1.29, 1.82) is 0 Å². The van der Waals surface area contributed by atoms with Crippen molar-refractivity contribution in [1.82, 2.24) is 25.1 Å². The summed E-state index contributed by atoms with van der Waals surface area (Å²) in [5.74, 6) is -3.44. The Balaban J connectivity index is 1.43. The highest BCUT2D eigenvalue weighted by Crippen LogP contribution is 2.38. The fourth-order valence-electron chi connectivity index (χ4n) is 4.90. The number of carbonyl (C=O) groups excluding carboxylic acids is 3. The van der Waals surface area contributed by atoms with Gasteiger partial charge >= 0.3 is 0 Å². The number of amides is 3. The molecule has 1 aromatic heterocycles. The van der Waals surface area contributed by atoms with E-state index in [4.69, 9.17) is 17.3 Å². The second-order valence-electron chi connectivity index (χ2n) is 8.76. The van der Waals surface area contributed by atoms with Crippen LogP contribution in [0.5, 0.6) is 0 Å². The molecule has 0 aliphatic carbocycles. The van der Waals surface area contributed by atoms with Gasteiger partial charge in [0.05, 0.1) is 16.3 Å². The van der Waals surface area contributed by atoms with Crippen LogP contribution in [0.15, 0.2) is 42.7 Å². The van der Waals surface area contributed by atoms with Gasteiger partial charge in [0.2, 0.25) is 11.8 Å². The normalized spacial score (nSPS) is 19.3. The highest BCUT2D eigenvalue weighted by molar-refractivity contribution is 6.31. The summed E-state index contributed by atoms with van der Waals surface area (Å²) < 4.78 is 30.7. The lowest BCUT2D eigenvalue weighted by Gasteiger charge is -2.27. The topological polar surface area (TPSA) is 136 Å². The van der Waals surface area contributed by atoms with Gasteiger partial charge in [-0.1, -0.05) is 11.6 Å². The molecule has 1 saturated heterocycles. The molecule has 0 saturated carbocycles. The van der Waals surface area contributed by atoms with Crippen LogP contribution in [0.1, 0.15) is 41.6 Å². The molecular weight excluding hydrogens is 508 g/mol. The van der Waals surface area contributed by atoms with Crippen molar-refractivity contribution in [3.8, 4) is 5.69 Å². The number of nitrogens with zero attached hydrogens (tertiary/aromatic N) is 5. The summed E-state index contributed by atoms with van der Waals surface area (Å²) in [5.41, 5.74) is 5.79. The molecule has 2 aliphatic rings. The fourth-order valence-corrected chi connectivity index (χ4v) is 5.06. The van der Waals surface area contributed by atoms with E-state index in [0.29, 0.717) is 36.9 Å². The summed E-state index contributed by atoms with van der Waals surface area (Å²) in [5, 5.41) is 13.5. The van der Waals surface area contributed by atoms with Crippen molar-refractivity contribution in [2.45, 2.75) is 37.8 Å². The second-order valence-corrected chi connectivity index (χ2v) is 9.17. The SMILES string of the molecule is NC(=O)c1ccc(NC(=O)C2CC[C@H]3CCC(c4c(-n5cnnn5)ccc(Cl)c4F)=CC(=O)N23)cc1F. The molecular formula is C24H20ClF2N7O3. The minimum atomic E-state index is -0.925. The van der Waals surface area contributed by atoms with Gasteiger partial charge in [0.1, 0.15) is 18.2 Å². The maximum absolute atomic E-state index is 15.2. The van der Waals surface area contributed by atoms with Crippen LogP contribution in [-0.4, -0.2) is 54.9 Å². The minimum absolute atomic E-state index is 0.111. The van der Waals surface area contributed by atoms with Gasteiger partial charge < -0.3 is 16.0 Å². The van der Waals surface area contributed by atoms with Gasteiger partial charge in [0.25, 0.3) is 5.91 Å². The van der Waals surface area contributed by atoms with Crippen LogP contribution in [0.2, 0.25) is 5.02 Å². The number of tetrazole rings is 1. The first-order chi connectivity index (χ1) is 17.7. The third-order valence-electron chi connectivity index (χ3n) is 6.60. The summed E-state index contributed by atoms with van der Waals surface area (Å²) in [6.45, 7) is 0. The first-order valence-electron chi connectivity index (χ1n) is 11.4. The third kappa shape index (κ3) is 4.55. The Hall–Kier alpha value is -4.19. The number of carbonyl (C=O) groups is 3. The zero-order valence-corrected chi connectivity index (χ0v) is 20.0. The largest absolute Gasteiger partial charge is 0.366 e. The molecule has 3 amide bonds. The van der Waals surface area contributed by atoms with Crippen LogP contribution in [0.3, 0.4) is 0 Å². The van der Waals surface area contributed by atoms with Crippen LogP contribution in [0.4, 0.5) is 14.5 Å².